The van der Waals surface area contributed by atoms with Gasteiger partial charge in [-0.1, -0.05) is 29.8 Å². The van der Waals surface area contributed by atoms with Gasteiger partial charge in [-0.25, -0.2) is 4.98 Å². The van der Waals surface area contributed by atoms with Crippen molar-refractivity contribution in [1.29, 1.82) is 0 Å². The molecule has 1 aliphatic heterocycles. The van der Waals surface area contributed by atoms with E-state index in [0.717, 1.165) is 28.3 Å². The van der Waals surface area contributed by atoms with Crippen LogP contribution in [0.15, 0.2) is 52.9 Å². The lowest BCUT2D eigenvalue weighted by Crippen LogP contribution is -2.45. The summed E-state index contributed by atoms with van der Waals surface area (Å²) >= 11 is 0. The van der Waals surface area contributed by atoms with Gasteiger partial charge in [-0.3, -0.25) is 4.79 Å². The first-order valence-corrected chi connectivity index (χ1v) is 13.3. The second kappa shape index (κ2) is 10.8. The number of hydrogen-bond acceptors (Lipinski definition) is 6. The quantitative estimate of drug-likeness (QED) is 0.429. The van der Waals surface area contributed by atoms with E-state index < -0.39 is 28.8 Å². The van der Waals surface area contributed by atoms with Crippen LogP contribution < -0.4 is 4.74 Å². The summed E-state index contributed by atoms with van der Waals surface area (Å²) in [5, 5.41) is 9.41. The highest BCUT2D eigenvalue weighted by Gasteiger charge is 2.36. The second-order valence-corrected chi connectivity index (χ2v) is 10.9. The molecule has 0 spiro atoms. The number of rotatable bonds is 10. The van der Waals surface area contributed by atoms with Gasteiger partial charge in [-0.2, -0.15) is 17.0 Å². The summed E-state index contributed by atoms with van der Waals surface area (Å²) in [6.45, 7) is 5.88. The molecule has 1 N–H and O–H groups in total. The molecule has 1 aromatic heterocycles. The third-order valence-corrected chi connectivity index (χ3v) is 8.37. The van der Waals surface area contributed by atoms with E-state index in [2.05, 4.69) is 4.98 Å². The van der Waals surface area contributed by atoms with E-state index in [1.54, 1.807) is 31.2 Å². The number of carboxylic acids is 1. The minimum absolute atomic E-state index is 0.171. The third-order valence-electron chi connectivity index (χ3n) is 6.32. The maximum absolute atomic E-state index is 13.2. The van der Waals surface area contributed by atoms with Gasteiger partial charge in [0, 0.05) is 24.7 Å². The van der Waals surface area contributed by atoms with Gasteiger partial charge < -0.3 is 14.3 Å². The SMILES string of the molecule is Cc1ccc(-c2nc(COc3cccc(C(C)N(CC(=O)O)S(=O)(=O)N4CCCC4)c3)c(C)o2)cc1. The zero-order chi connectivity index (χ0) is 25.9. The Morgan fingerprint density at radius 2 is 1.86 bits per heavy atom. The summed E-state index contributed by atoms with van der Waals surface area (Å²) in [6.07, 6.45) is 1.54. The van der Waals surface area contributed by atoms with Crippen molar-refractivity contribution in [2.24, 2.45) is 0 Å². The molecule has 1 saturated heterocycles. The van der Waals surface area contributed by atoms with Crippen LogP contribution in [0.5, 0.6) is 5.75 Å². The maximum Gasteiger partial charge on any atom is 0.318 e. The van der Waals surface area contributed by atoms with Crippen molar-refractivity contribution in [3.05, 3.63) is 71.1 Å². The zero-order valence-electron chi connectivity index (χ0n) is 20.7. The average Bonchev–Trinajstić information content (AvgIpc) is 3.52. The van der Waals surface area contributed by atoms with Gasteiger partial charge in [-0.05, 0) is 63.4 Å². The molecule has 0 radical (unpaired) electrons. The number of benzene rings is 2. The molecule has 9 nitrogen and oxygen atoms in total. The Hall–Kier alpha value is -3.21. The van der Waals surface area contributed by atoms with Crippen LogP contribution in [-0.4, -0.2) is 52.7 Å². The number of aryl methyl sites for hydroxylation is 2. The normalized spacial score (nSPS) is 15.3. The predicted molar refractivity (Wildman–Crippen MR) is 135 cm³/mol. The highest BCUT2D eigenvalue weighted by atomic mass is 32.2. The molecule has 3 aromatic rings. The van der Waals surface area contributed by atoms with Gasteiger partial charge in [-0.15, -0.1) is 0 Å². The first kappa shape index (κ1) is 25.9. The van der Waals surface area contributed by atoms with Crippen molar-refractivity contribution < 1.29 is 27.5 Å². The summed E-state index contributed by atoms with van der Waals surface area (Å²) in [4.78, 5) is 16.1. The lowest BCUT2D eigenvalue weighted by molar-refractivity contribution is -0.137. The molecule has 2 heterocycles. The Morgan fingerprint density at radius 1 is 1.17 bits per heavy atom. The molecule has 36 heavy (non-hydrogen) atoms. The maximum atomic E-state index is 13.2. The van der Waals surface area contributed by atoms with E-state index in [1.165, 1.54) is 4.31 Å². The van der Waals surface area contributed by atoms with Crippen molar-refractivity contribution in [2.45, 2.75) is 46.3 Å². The van der Waals surface area contributed by atoms with Gasteiger partial charge in [0.25, 0.3) is 10.2 Å². The number of ether oxygens (including phenoxy) is 1. The molecular weight excluding hydrogens is 482 g/mol. The number of oxazole rings is 1. The highest BCUT2D eigenvalue weighted by Crippen LogP contribution is 2.30. The Bertz CT molecular complexity index is 1310. The number of carboxylic acid groups (broad SMARTS) is 1. The Morgan fingerprint density at radius 3 is 2.53 bits per heavy atom. The fraction of sp³-hybridized carbons (Fsp3) is 0.385. The van der Waals surface area contributed by atoms with E-state index in [-0.39, 0.29) is 6.61 Å². The van der Waals surface area contributed by atoms with Crippen molar-refractivity contribution in [2.75, 3.05) is 19.6 Å². The molecule has 192 valence electrons. The van der Waals surface area contributed by atoms with Gasteiger partial charge in [0.15, 0.2) is 0 Å². The van der Waals surface area contributed by atoms with Crippen LogP contribution in [0.2, 0.25) is 0 Å². The molecule has 4 rings (SSSR count). The van der Waals surface area contributed by atoms with Gasteiger partial charge in [0.2, 0.25) is 5.89 Å². The van der Waals surface area contributed by atoms with Crippen molar-refractivity contribution in [1.82, 2.24) is 13.6 Å². The topological polar surface area (TPSA) is 113 Å². The predicted octanol–water partition coefficient (Wildman–Crippen LogP) is 4.33. The standard InChI is InChI=1S/C26H31N3O6S/c1-18-9-11-21(12-10-18)26-27-24(20(3)35-26)17-34-23-8-6-7-22(15-23)19(2)29(16-25(30)31)36(32,33)28-13-4-5-14-28/h6-12,15,19H,4-5,13-14,16-17H2,1-3H3,(H,30,31). The van der Waals surface area contributed by atoms with Crippen molar-refractivity contribution in [3.8, 4) is 17.2 Å². The minimum Gasteiger partial charge on any atom is -0.487 e. The van der Waals surface area contributed by atoms with Crippen LogP contribution >= 0.6 is 0 Å². The van der Waals surface area contributed by atoms with Crippen LogP contribution in [0, 0.1) is 13.8 Å². The smallest absolute Gasteiger partial charge is 0.318 e. The van der Waals surface area contributed by atoms with E-state index in [4.69, 9.17) is 9.15 Å². The molecule has 0 bridgehead atoms. The Kier molecular flexibility index (Phi) is 7.77. The summed E-state index contributed by atoms with van der Waals surface area (Å²) < 4.78 is 40.6. The minimum atomic E-state index is -3.92. The van der Waals surface area contributed by atoms with Gasteiger partial charge in [0.05, 0.1) is 0 Å². The summed E-state index contributed by atoms with van der Waals surface area (Å²) in [7, 11) is -3.92. The van der Waals surface area contributed by atoms with Crippen molar-refractivity contribution in [3.63, 3.8) is 0 Å². The Balaban J connectivity index is 1.50. The van der Waals surface area contributed by atoms with E-state index in [9.17, 15) is 18.3 Å². The monoisotopic (exact) mass is 513 g/mol. The van der Waals surface area contributed by atoms with E-state index in [1.807, 2.05) is 38.1 Å². The lowest BCUT2D eigenvalue weighted by Gasteiger charge is -2.31. The second-order valence-electron chi connectivity index (χ2n) is 8.98. The van der Waals surface area contributed by atoms with Crippen LogP contribution in [-0.2, 0) is 21.6 Å². The molecule has 2 aromatic carbocycles. The fourth-order valence-electron chi connectivity index (χ4n) is 4.18. The van der Waals surface area contributed by atoms with Crippen molar-refractivity contribution >= 4 is 16.2 Å². The average molecular weight is 514 g/mol. The first-order valence-electron chi connectivity index (χ1n) is 11.9. The number of carbonyl (C=O) groups is 1. The lowest BCUT2D eigenvalue weighted by atomic mass is 10.1. The van der Waals surface area contributed by atoms with Crippen LogP contribution in [0.1, 0.15) is 48.4 Å². The van der Waals surface area contributed by atoms with Crippen LogP contribution in [0.4, 0.5) is 0 Å². The molecule has 0 aliphatic carbocycles. The zero-order valence-corrected chi connectivity index (χ0v) is 21.5. The summed E-state index contributed by atoms with van der Waals surface area (Å²) in [5.41, 5.74) is 3.32. The third kappa shape index (κ3) is 5.77. The van der Waals surface area contributed by atoms with Gasteiger partial charge in [0.1, 0.15) is 30.4 Å². The number of aliphatic carboxylic acids is 1. The number of nitrogens with zero attached hydrogens (tertiary/aromatic N) is 3. The summed E-state index contributed by atoms with van der Waals surface area (Å²) in [5.74, 6) is 0.486. The molecule has 1 fully saturated rings. The fourth-order valence-corrected chi connectivity index (χ4v) is 5.99. The van der Waals surface area contributed by atoms with Crippen LogP contribution in [0.25, 0.3) is 11.5 Å². The molecular formula is C26H31N3O6S. The molecule has 1 unspecified atom stereocenters. The molecule has 0 saturated carbocycles. The van der Waals surface area contributed by atoms with Crippen LogP contribution in [0.3, 0.4) is 0 Å². The largest absolute Gasteiger partial charge is 0.487 e. The molecule has 1 atom stereocenters. The highest BCUT2D eigenvalue weighted by molar-refractivity contribution is 7.86. The number of hydrogen-bond donors (Lipinski definition) is 1. The first-order chi connectivity index (χ1) is 17.1. The Labute approximate surface area is 211 Å². The molecule has 10 heteroatoms. The molecule has 0 amide bonds. The number of aromatic nitrogens is 1. The van der Waals surface area contributed by atoms with Gasteiger partial charge >= 0.3 is 5.97 Å². The van der Waals surface area contributed by atoms with E-state index in [0.29, 0.717) is 41.7 Å². The van der Waals surface area contributed by atoms with E-state index >= 15 is 0 Å². The molecule has 1 aliphatic rings. The summed E-state index contributed by atoms with van der Waals surface area (Å²) in [6, 6.07) is 14.2.